The number of amides is 2. The van der Waals surface area contributed by atoms with Crippen molar-refractivity contribution >= 4 is 17.8 Å². The minimum Gasteiger partial charge on any atom is -0.494 e. The third-order valence-corrected chi connectivity index (χ3v) is 6.85. The van der Waals surface area contributed by atoms with Crippen molar-refractivity contribution in [2.75, 3.05) is 27.2 Å². The normalized spacial score (nSPS) is 12.4. The monoisotopic (exact) mass is 589 g/mol. The number of ether oxygens (including phenoxy) is 1. The molecule has 3 rings (SSSR count). The van der Waals surface area contributed by atoms with Crippen LogP contribution < -0.4 is 15.4 Å². The molecule has 2 atom stereocenters. The Morgan fingerprint density at radius 2 is 1.49 bits per heavy atom. The number of nitrogens with one attached hydrogen (secondary N) is 2. The van der Waals surface area contributed by atoms with Crippen LogP contribution in [0.3, 0.4) is 0 Å². The summed E-state index contributed by atoms with van der Waals surface area (Å²) in [7, 11) is 3.49. The molecule has 0 aliphatic heterocycles. The largest absolute Gasteiger partial charge is 0.494 e. The van der Waals surface area contributed by atoms with Gasteiger partial charge in [-0.15, -0.1) is 0 Å². The molecule has 0 bridgehead atoms. The summed E-state index contributed by atoms with van der Waals surface area (Å²) in [6.45, 7) is 4.41. The summed E-state index contributed by atoms with van der Waals surface area (Å²) in [5.41, 5.74) is 3.48. The molecule has 10 nitrogen and oxygen atoms in total. The number of rotatable bonds is 17. The zero-order chi connectivity index (χ0) is 31.2. The summed E-state index contributed by atoms with van der Waals surface area (Å²) in [6, 6.07) is 13.3. The Morgan fingerprint density at radius 1 is 0.860 bits per heavy atom. The van der Waals surface area contributed by atoms with Gasteiger partial charge in [-0.2, -0.15) is 0 Å². The van der Waals surface area contributed by atoms with Crippen molar-refractivity contribution in [2.45, 2.75) is 64.5 Å². The molecule has 10 heteroatoms. The molecule has 0 aliphatic carbocycles. The number of carboxylic acids is 1. The van der Waals surface area contributed by atoms with Crippen molar-refractivity contribution in [1.82, 2.24) is 25.5 Å². The molecule has 43 heavy (non-hydrogen) atoms. The highest BCUT2D eigenvalue weighted by atomic mass is 16.5. The van der Waals surface area contributed by atoms with Crippen molar-refractivity contribution in [3.63, 3.8) is 0 Å². The summed E-state index contributed by atoms with van der Waals surface area (Å²) in [6.07, 6.45) is 9.77. The standard InChI is InChI=1S/C33H43N5O5/c1-5-6-7-8-9-18-43-28-16-14-25(15-17-28)27-20-34-31(35-21-27)26-12-10-24(11-13-26)19-29(37-30(39)22-38(3)4)32(40)36-23(2)33(41)42/h10-17,20-21,23,29H,5-9,18-19,22H2,1-4H3,(H,36,40)(H,37,39)(H,41,42)/t23-,29+/m1/s1. The number of benzene rings is 2. The molecule has 1 aromatic heterocycles. The number of carboxylic acid groups (broad SMARTS) is 1. The minimum absolute atomic E-state index is 0.0989. The molecule has 0 saturated heterocycles. The first-order valence-electron chi connectivity index (χ1n) is 14.8. The highest BCUT2D eigenvalue weighted by molar-refractivity contribution is 5.91. The van der Waals surface area contributed by atoms with E-state index in [1.165, 1.54) is 32.6 Å². The van der Waals surface area contributed by atoms with Crippen LogP contribution in [0.2, 0.25) is 0 Å². The van der Waals surface area contributed by atoms with Crippen LogP contribution in [0.15, 0.2) is 60.9 Å². The minimum atomic E-state index is -1.16. The molecule has 0 fully saturated rings. The predicted octanol–water partition coefficient (Wildman–Crippen LogP) is 4.34. The average Bonchev–Trinajstić information content (AvgIpc) is 2.99. The van der Waals surface area contributed by atoms with E-state index in [0.29, 0.717) is 5.82 Å². The fourth-order valence-corrected chi connectivity index (χ4v) is 4.40. The first kappa shape index (κ1) is 33.2. The maximum atomic E-state index is 12.8. The van der Waals surface area contributed by atoms with Crippen LogP contribution in [-0.4, -0.2) is 77.1 Å². The smallest absolute Gasteiger partial charge is 0.325 e. The van der Waals surface area contributed by atoms with E-state index in [4.69, 9.17) is 9.84 Å². The van der Waals surface area contributed by atoms with Crippen LogP contribution in [0, 0.1) is 0 Å². The third kappa shape index (κ3) is 11.1. The van der Waals surface area contributed by atoms with Gasteiger partial charge in [-0.3, -0.25) is 14.4 Å². The molecule has 0 spiro atoms. The molecular weight excluding hydrogens is 546 g/mol. The Labute approximate surface area is 253 Å². The zero-order valence-electron chi connectivity index (χ0n) is 25.5. The van der Waals surface area contributed by atoms with Gasteiger partial charge in [-0.1, -0.05) is 69.0 Å². The van der Waals surface area contributed by atoms with Gasteiger partial charge in [0, 0.05) is 29.9 Å². The molecule has 2 aromatic carbocycles. The van der Waals surface area contributed by atoms with Gasteiger partial charge >= 0.3 is 5.97 Å². The fraction of sp³-hybridized carbons (Fsp3) is 0.424. The van der Waals surface area contributed by atoms with E-state index >= 15 is 0 Å². The van der Waals surface area contributed by atoms with Gasteiger partial charge in [0.05, 0.1) is 13.2 Å². The molecule has 2 amide bonds. The summed E-state index contributed by atoms with van der Waals surface area (Å²) in [4.78, 5) is 47.2. The zero-order valence-corrected chi connectivity index (χ0v) is 25.5. The van der Waals surface area contributed by atoms with Crippen LogP contribution in [0.5, 0.6) is 5.75 Å². The van der Waals surface area contributed by atoms with Crippen molar-refractivity contribution < 1.29 is 24.2 Å². The maximum Gasteiger partial charge on any atom is 0.325 e. The maximum absolute atomic E-state index is 12.8. The van der Waals surface area contributed by atoms with Crippen molar-refractivity contribution in [3.05, 3.63) is 66.5 Å². The SMILES string of the molecule is CCCCCCCOc1ccc(-c2cnc(-c3ccc(C[C@H](NC(=O)CN(C)C)C(=O)N[C@H](C)C(=O)O)cc3)nc2)cc1. The second-order valence-electron chi connectivity index (χ2n) is 10.9. The second kappa shape index (κ2) is 17.0. The van der Waals surface area contributed by atoms with E-state index in [1.54, 1.807) is 31.4 Å². The third-order valence-electron chi connectivity index (χ3n) is 6.85. The van der Waals surface area contributed by atoms with Gasteiger partial charge in [0.15, 0.2) is 5.82 Å². The number of hydrogen-bond acceptors (Lipinski definition) is 7. The van der Waals surface area contributed by atoms with Gasteiger partial charge in [0.1, 0.15) is 17.8 Å². The number of aromatic nitrogens is 2. The average molecular weight is 590 g/mol. The van der Waals surface area contributed by atoms with Gasteiger partial charge in [-0.05, 0) is 50.7 Å². The molecule has 0 aliphatic rings. The first-order valence-corrected chi connectivity index (χ1v) is 14.8. The summed E-state index contributed by atoms with van der Waals surface area (Å²) in [5.74, 6) is -0.644. The highest BCUT2D eigenvalue weighted by Gasteiger charge is 2.24. The van der Waals surface area contributed by atoms with Gasteiger partial charge < -0.3 is 25.4 Å². The Bertz CT molecular complexity index is 1310. The molecule has 3 aromatic rings. The number of unbranched alkanes of at least 4 members (excludes halogenated alkanes) is 4. The lowest BCUT2D eigenvalue weighted by Gasteiger charge is -2.21. The lowest BCUT2D eigenvalue weighted by atomic mass is 10.0. The Balaban J connectivity index is 1.61. The Morgan fingerprint density at radius 3 is 2.09 bits per heavy atom. The lowest BCUT2D eigenvalue weighted by molar-refractivity contribution is -0.141. The van der Waals surface area contributed by atoms with Crippen molar-refractivity contribution in [3.8, 4) is 28.3 Å². The topological polar surface area (TPSA) is 134 Å². The lowest BCUT2D eigenvalue weighted by Crippen LogP contribution is -2.53. The molecular formula is C33H43N5O5. The number of carbonyl (C=O) groups excluding carboxylic acids is 2. The van der Waals surface area contributed by atoms with Gasteiger partial charge in [-0.25, -0.2) is 9.97 Å². The number of carbonyl (C=O) groups is 3. The molecule has 3 N–H and O–H groups in total. The molecule has 1 heterocycles. The van der Waals surface area contributed by atoms with Crippen LogP contribution in [-0.2, 0) is 20.8 Å². The van der Waals surface area contributed by atoms with Crippen molar-refractivity contribution in [1.29, 1.82) is 0 Å². The van der Waals surface area contributed by atoms with E-state index in [9.17, 15) is 14.4 Å². The van der Waals surface area contributed by atoms with Crippen LogP contribution >= 0.6 is 0 Å². The van der Waals surface area contributed by atoms with E-state index < -0.39 is 24.0 Å². The van der Waals surface area contributed by atoms with E-state index in [2.05, 4.69) is 27.5 Å². The number of hydrogen-bond donors (Lipinski definition) is 3. The number of nitrogens with zero attached hydrogens (tertiary/aromatic N) is 3. The molecule has 0 radical (unpaired) electrons. The Hall–Kier alpha value is -4.31. The predicted molar refractivity (Wildman–Crippen MR) is 167 cm³/mol. The van der Waals surface area contributed by atoms with Crippen LogP contribution in [0.25, 0.3) is 22.5 Å². The quantitative estimate of drug-likeness (QED) is 0.198. The van der Waals surface area contributed by atoms with Gasteiger partial charge in [0.25, 0.3) is 0 Å². The Kier molecular flexibility index (Phi) is 13.1. The van der Waals surface area contributed by atoms with E-state index in [0.717, 1.165) is 41.0 Å². The molecule has 0 saturated carbocycles. The van der Waals surface area contributed by atoms with Crippen LogP contribution in [0.4, 0.5) is 0 Å². The van der Waals surface area contributed by atoms with E-state index in [-0.39, 0.29) is 18.9 Å². The highest BCUT2D eigenvalue weighted by Crippen LogP contribution is 2.23. The molecule has 0 unspecified atom stereocenters. The van der Waals surface area contributed by atoms with Gasteiger partial charge in [0.2, 0.25) is 11.8 Å². The summed E-state index contributed by atoms with van der Waals surface area (Å²) < 4.78 is 5.86. The summed E-state index contributed by atoms with van der Waals surface area (Å²) in [5, 5.41) is 14.3. The van der Waals surface area contributed by atoms with E-state index in [1.807, 2.05) is 48.5 Å². The second-order valence-corrected chi connectivity index (χ2v) is 10.9. The molecule has 230 valence electrons. The number of aliphatic carboxylic acids is 1. The number of likely N-dealkylation sites (N-methyl/N-ethyl adjacent to an activating group) is 1. The first-order chi connectivity index (χ1) is 20.7. The van der Waals surface area contributed by atoms with Crippen molar-refractivity contribution in [2.24, 2.45) is 0 Å². The van der Waals surface area contributed by atoms with Crippen LogP contribution in [0.1, 0.15) is 51.5 Å². The fourth-order valence-electron chi connectivity index (χ4n) is 4.40. The summed E-state index contributed by atoms with van der Waals surface area (Å²) >= 11 is 0.